The molecule has 1 unspecified atom stereocenters. The molecule has 1 amide bonds. The summed E-state index contributed by atoms with van der Waals surface area (Å²) >= 11 is 0. The Bertz CT molecular complexity index is 641. The van der Waals surface area contributed by atoms with Crippen molar-refractivity contribution >= 4 is 11.6 Å². The number of nitrogens with one attached hydrogen (secondary N) is 1. The number of hydrogen-bond donors (Lipinski definition) is 1. The normalized spacial score (nSPS) is 11.6. The van der Waals surface area contributed by atoms with Gasteiger partial charge in [0.2, 0.25) is 0 Å². The zero-order valence-corrected chi connectivity index (χ0v) is 15.4. The summed E-state index contributed by atoms with van der Waals surface area (Å²) in [6, 6.07) is 18.0. The number of aryl methyl sites for hydroxylation is 1. The maximum absolute atomic E-state index is 12.3. The van der Waals surface area contributed by atoms with Crippen LogP contribution in [-0.4, -0.2) is 32.1 Å². The maximum atomic E-state index is 12.3. The van der Waals surface area contributed by atoms with Gasteiger partial charge in [-0.25, -0.2) is 0 Å². The monoisotopic (exact) mass is 340 g/mol. The lowest BCUT2D eigenvalue weighted by molar-refractivity contribution is -0.128. The number of nitrogens with zero attached hydrogens (tertiary/aromatic N) is 1. The second-order valence-corrected chi connectivity index (χ2v) is 6.23. The van der Waals surface area contributed by atoms with E-state index in [0.717, 1.165) is 18.7 Å². The van der Waals surface area contributed by atoms with Gasteiger partial charge in [0.15, 0.2) is 6.10 Å². The van der Waals surface area contributed by atoms with Gasteiger partial charge in [0.25, 0.3) is 5.91 Å². The highest BCUT2D eigenvalue weighted by atomic mass is 16.5. The summed E-state index contributed by atoms with van der Waals surface area (Å²) in [7, 11) is 2.06. The minimum Gasteiger partial charge on any atom is -0.481 e. The molecule has 0 bridgehead atoms. The SMILES string of the molecule is CCC(Oc1ccc(C)cc1)C(=O)NCCCN(C)c1ccccc1. The zero-order chi connectivity index (χ0) is 18.1. The fourth-order valence-electron chi connectivity index (χ4n) is 2.56. The van der Waals surface area contributed by atoms with Crippen molar-refractivity contribution in [3.05, 3.63) is 60.2 Å². The lowest BCUT2D eigenvalue weighted by atomic mass is 10.2. The first kappa shape index (κ1) is 18.8. The van der Waals surface area contributed by atoms with Gasteiger partial charge in [-0.2, -0.15) is 0 Å². The third kappa shape index (κ3) is 6.14. The summed E-state index contributed by atoms with van der Waals surface area (Å²) in [5, 5.41) is 2.98. The Morgan fingerprint density at radius 1 is 1.12 bits per heavy atom. The third-order valence-electron chi connectivity index (χ3n) is 4.13. The van der Waals surface area contributed by atoms with Gasteiger partial charge in [-0.05, 0) is 44.0 Å². The van der Waals surface area contributed by atoms with E-state index in [-0.39, 0.29) is 5.91 Å². The molecule has 0 heterocycles. The van der Waals surface area contributed by atoms with Crippen LogP contribution in [0.2, 0.25) is 0 Å². The van der Waals surface area contributed by atoms with Crippen LogP contribution in [0.3, 0.4) is 0 Å². The van der Waals surface area contributed by atoms with E-state index in [2.05, 4.69) is 29.4 Å². The molecule has 0 spiro atoms. The molecule has 1 N–H and O–H groups in total. The average molecular weight is 340 g/mol. The number of hydrogen-bond acceptors (Lipinski definition) is 3. The number of benzene rings is 2. The lowest BCUT2D eigenvalue weighted by Crippen LogP contribution is -2.39. The highest BCUT2D eigenvalue weighted by Crippen LogP contribution is 2.15. The average Bonchev–Trinajstić information content (AvgIpc) is 2.65. The predicted molar refractivity (Wildman–Crippen MR) is 103 cm³/mol. The molecule has 134 valence electrons. The molecule has 0 aliphatic rings. The number of para-hydroxylation sites is 1. The fraction of sp³-hybridized carbons (Fsp3) is 0.381. The van der Waals surface area contributed by atoms with Gasteiger partial charge in [-0.3, -0.25) is 4.79 Å². The predicted octanol–water partition coefficient (Wildman–Crippen LogP) is 3.80. The van der Waals surface area contributed by atoms with Crippen LogP contribution in [0, 0.1) is 6.92 Å². The summed E-state index contributed by atoms with van der Waals surface area (Å²) < 4.78 is 5.81. The van der Waals surface area contributed by atoms with Gasteiger partial charge in [0.1, 0.15) is 5.75 Å². The Hall–Kier alpha value is -2.49. The van der Waals surface area contributed by atoms with E-state index < -0.39 is 6.10 Å². The molecule has 2 rings (SSSR count). The minimum atomic E-state index is -0.449. The molecular weight excluding hydrogens is 312 g/mol. The van der Waals surface area contributed by atoms with Crippen molar-refractivity contribution in [1.82, 2.24) is 5.32 Å². The number of carbonyl (C=O) groups excluding carboxylic acids is 1. The Labute approximate surface area is 150 Å². The van der Waals surface area contributed by atoms with Crippen LogP contribution in [0.1, 0.15) is 25.3 Å². The third-order valence-corrected chi connectivity index (χ3v) is 4.13. The van der Waals surface area contributed by atoms with Crippen molar-refractivity contribution in [3.63, 3.8) is 0 Å². The topological polar surface area (TPSA) is 41.6 Å². The smallest absolute Gasteiger partial charge is 0.261 e. The van der Waals surface area contributed by atoms with E-state index in [1.54, 1.807) is 0 Å². The zero-order valence-electron chi connectivity index (χ0n) is 15.4. The van der Waals surface area contributed by atoms with Crippen molar-refractivity contribution in [1.29, 1.82) is 0 Å². The van der Waals surface area contributed by atoms with Crippen molar-refractivity contribution in [2.24, 2.45) is 0 Å². The van der Waals surface area contributed by atoms with Gasteiger partial charge in [-0.1, -0.05) is 42.8 Å². The molecule has 0 aromatic heterocycles. The molecule has 0 saturated heterocycles. The van der Waals surface area contributed by atoms with E-state index in [0.29, 0.717) is 13.0 Å². The second-order valence-electron chi connectivity index (χ2n) is 6.23. The van der Waals surface area contributed by atoms with Crippen LogP contribution in [0.15, 0.2) is 54.6 Å². The highest BCUT2D eigenvalue weighted by Gasteiger charge is 2.17. The van der Waals surface area contributed by atoms with E-state index in [1.807, 2.05) is 56.3 Å². The minimum absolute atomic E-state index is 0.0505. The Morgan fingerprint density at radius 2 is 1.80 bits per heavy atom. The molecule has 0 radical (unpaired) electrons. The first-order valence-electron chi connectivity index (χ1n) is 8.87. The standard InChI is InChI=1S/C21H28N2O2/c1-4-20(25-19-13-11-17(2)12-14-19)21(24)22-15-8-16-23(3)18-9-6-5-7-10-18/h5-7,9-14,20H,4,8,15-16H2,1-3H3,(H,22,24). The van der Waals surface area contributed by atoms with Crippen molar-refractivity contribution in [3.8, 4) is 5.75 Å². The van der Waals surface area contributed by atoms with Crippen LogP contribution in [0.25, 0.3) is 0 Å². The molecule has 0 aliphatic carbocycles. The van der Waals surface area contributed by atoms with Gasteiger partial charge in [0.05, 0.1) is 0 Å². The first-order chi connectivity index (χ1) is 12.1. The Balaban J connectivity index is 1.73. The maximum Gasteiger partial charge on any atom is 0.261 e. The number of carbonyl (C=O) groups is 1. The number of ether oxygens (including phenoxy) is 1. The van der Waals surface area contributed by atoms with E-state index in [9.17, 15) is 4.79 Å². The molecule has 0 fully saturated rings. The summed E-state index contributed by atoms with van der Waals surface area (Å²) in [4.78, 5) is 14.5. The summed E-state index contributed by atoms with van der Waals surface area (Å²) in [5.41, 5.74) is 2.36. The quantitative estimate of drug-likeness (QED) is 0.706. The van der Waals surface area contributed by atoms with Crippen molar-refractivity contribution in [2.75, 3.05) is 25.0 Å². The van der Waals surface area contributed by atoms with Crippen LogP contribution >= 0.6 is 0 Å². The number of anilines is 1. The van der Waals surface area contributed by atoms with Crippen LogP contribution in [0.4, 0.5) is 5.69 Å². The van der Waals surface area contributed by atoms with Gasteiger partial charge < -0.3 is 15.0 Å². The molecule has 0 saturated carbocycles. The molecular formula is C21H28N2O2. The number of amides is 1. The van der Waals surface area contributed by atoms with Gasteiger partial charge in [0, 0.05) is 25.8 Å². The van der Waals surface area contributed by atoms with Gasteiger partial charge >= 0.3 is 0 Å². The molecule has 2 aromatic rings. The van der Waals surface area contributed by atoms with Gasteiger partial charge in [-0.15, -0.1) is 0 Å². The highest BCUT2D eigenvalue weighted by molar-refractivity contribution is 5.81. The van der Waals surface area contributed by atoms with Crippen LogP contribution < -0.4 is 15.0 Å². The van der Waals surface area contributed by atoms with E-state index in [4.69, 9.17) is 4.74 Å². The molecule has 4 heteroatoms. The lowest BCUT2D eigenvalue weighted by Gasteiger charge is -2.20. The molecule has 2 aromatic carbocycles. The van der Waals surface area contributed by atoms with Crippen LogP contribution in [-0.2, 0) is 4.79 Å². The summed E-state index contributed by atoms with van der Waals surface area (Å²) in [6.07, 6.45) is 1.08. The summed E-state index contributed by atoms with van der Waals surface area (Å²) in [5.74, 6) is 0.682. The first-order valence-corrected chi connectivity index (χ1v) is 8.87. The van der Waals surface area contributed by atoms with Crippen molar-refractivity contribution < 1.29 is 9.53 Å². The fourth-order valence-corrected chi connectivity index (χ4v) is 2.56. The molecule has 4 nitrogen and oxygen atoms in total. The van der Waals surface area contributed by atoms with Crippen LogP contribution in [0.5, 0.6) is 5.75 Å². The Kier molecular flexibility index (Phi) is 7.33. The van der Waals surface area contributed by atoms with E-state index in [1.165, 1.54) is 11.3 Å². The second kappa shape index (κ2) is 9.72. The van der Waals surface area contributed by atoms with Crippen molar-refractivity contribution in [2.45, 2.75) is 32.8 Å². The molecule has 25 heavy (non-hydrogen) atoms. The Morgan fingerprint density at radius 3 is 2.44 bits per heavy atom. The largest absolute Gasteiger partial charge is 0.481 e. The van der Waals surface area contributed by atoms with E-state index >= 15 is 0 Å². The summed E-state index contributed by atoms with van der Waals surface area (Å²) in [6.45, 7) is 5.52. The number of rotatable bonds is 9. The molecule has 0 aliphatic heterocycles. The molecule has 1 atom stereocenters.